The molecule has 1 fully saturated rings. The van der Waals surface area contributed by atoms with E-state index in [0.29, 0.717) is 5.65 Å². The van der Waals surface area contributed by atoms with Crippen LogP contribution in [-0.4, -0.2) is 35.6 Å². The van der Waals surface area contributed by atoms with Gasteiger partial charge in [-0.05, 0) is 19.1 Å². The molecular formula is C19H20N4O. The molecule has 0 atom stereocenters. The Morgan fingerprint density at radius 2 is 1.79 bits per heavy atom. The minimum atomic E-state index is -0.0486. The number of nitrogens with zero attached hydrogens (tertiary/aromatic N) is 3. The Balaban J connectivity index is 1.76. The molecule has 0 saturated carbocycles. The van der Waals surface area contributed by atoms with Crippen molar-refractivity contribution >= 4 is 11.3 Å². The van der Waals surface area contributed by atoms with Gasteiger partial charge in [0.25, 0.3) is 5.56 Å². The molecule has 0 amide bonds. The summed E-state index contributed by atoms with van der Waals surface area (Å²) in [5.74, 6) is 0. The summed E-state index contributed by atoms with van der Waals surface area (Å²) in [5, 5.41) is 3.34. The fourth-order valence-corrected chi connectivity index (χ4v) is 3.07. The highest BCUT2D eigenvalue weighted by Gasteiger charge is 2.12. The second-order valence-corrected chi connectivity index (χ2v) is 6.20. The molecule has 3 aromatic rings. The quantitative estimate of drug-likeness (QED) is 0.785. The number of anilines is 1. The molecule has 3 heterocycles. The molecule has 1 aliphatic rings. The summed E-state index contributed by atoms with van der Waals surface area (Å²) in [6.07, 6.45) is 1.90. The summed E-state index contributed by atoms with van der Waals surface area (Å²) in [4.78, 5) is 19.5. The van der Waals surface area contributed by atoms with E-state index in [1.165, 1.54) is 5.56 Å². The summed E-state index contributed by atoms with van der Waals surface area (Å²) in [6.45, 7) is 5.89. The fourth-order valence-electron chi connectivity index (χ4n) is 3.07. The predicted molar refractivity (Wildman–Crippen MR) is 96.7 cm³/mol. The SMILES string of the molecule is Cc1ccc(-c2cc(=O)n3cc(N4CCNCC4)ccc3n2)cc1. The third kappa shape index (κ3) is 2.78. The number of aromatic nitrogens is 2. The molecule has 122 valence electrons. The van der Waals surface area contributed by atoms with Crippen molar-refractivity contribution in [3.63, 3.8) is 0 Å². The zero-order valence-corrected chi connectivity index (χ0v) is 13.7. The highest BCUT2D eigenvalue weighted by Crippen LogP contribution is 2.19. The highest BCUT2D eigenvalue weighted by atomic mass is 16.1. The van der Waals surface area contributed by atoms with Gasteiger partial charge < -0.3 is 10.2 Å². The van der Waals surface area contributed by atoms with Gasteiger partial charge >= 0.3 is 0 Å². The van der Waals surface area contributed by atoms with Gasteiger partial charge in [0.1, 0.15) is 5.65 Å². The second-order valence-electron chi connectivity index (χ2n) is 6.20. The van der Waals surface area contributed by atoms with Crippen LogP contribution in [0.5, 0.6) is 0 Å². The Kier molecular flexibility index (Phi) is 3.78. The first kappa shape index (κ1) is 14.9. The Labute approximate surface area is 140 Å². The van der Waals surface area contributed by atoms with Gasteiger partial charge in [-0.1, -0.05) is 29.8 Å². The van der Waals surface area contributed by atoms with E-state index in [1.807, 2.05) is 49.5 Å². The van der Waals surface area contributed by atoms with Crippen LogP contribution in [0.15, 0.2) is 53.5 Å². The van der Waals surface area contributed by atoms with Gasteiger partial charge in [0, 0.05) is 44.0 Å². The number of nitrogens with one attached hydrogen (secondary N) is 1. The van der Waals surface area contributed by atoms with Crippen LogP contribution in [0.3, 0.4) is 0 Å². The smallest absolute Gasteiger partial charge is 0.258 e. The molecule has 2 aromatic heterocycles. The summed E-state index contributed by atoms with van der Waals surface area (Å²) < 4.78 is 1.63. The minimum absolute atomic E-state index is 0.0486. The summed E-state index contributed by atoms with van der Waals surface area (Å²) in [6, 6.07) is 13.7. The van der Waals surface area contributed by atoms with E-state index in [2.05, 4.69) is 15.2 Å². The number of aryl methyl sites for hydroxylation is 1. The monoisotopic (exact) mass is 320 g/mol. The average Bonchev–Trinajstić information content (AvgIpc) is 2.63. The second kappa shape index (κ2) is 6.09. The van der Waals surface area contributed by atoms with Crippen LogP contribution >= 0.6 is 0 Å². The number of pyridine rings is 1. The van der Waals surface area contributed by atoms with E-state index in [9.17, 15) is 4.79 Å². The van der Waals surface area contributed by atoms with Crippen LogP contribution in [0.1, 0.15) is 5.56 Å². The normalized spacial score (nSPS) is 15.0. The molecule has 5 nitrogen and oxygen atoms in total. The van der Waals surface area contributed by atoms with E-state index in [-0.39, 0.29) is 5.56 Å². The fraction of sp³-hybridized carbons (Fsp3) is 0.263. The standard InChI is InChI=1S/C19H20N4O/c1-14-2-4-15(5-3-14)17-12-19(24)23-13-16(6-7-18(23)21-17)22-10-8-20-9-11-22/h2-7,12-13,20H,8-11H2,1H3. The van der Waals surface area contributed by atoms with E-state index in [1.54, 1.807) is 10.5 Å². The van der Waals surface area contributed by atoms with Gasteiger partial charge in [-0.2, -0.15) is 0 Å². The van der Waals surface area contributed by atoms with Gasteiger partial charge in [-0.3, -0.25) is 9.20 Å². The van der Waals surface area contributed by atoms with Crippen molar-refractivity contribution < 1.29 is 0 Å². The van der Waals surface area contributed by atoms with Gasteiger partial charge in [-0.25, -0.2) is 4.98 Å². The topological polar surface area (TPSA) is 49.6 Å². The maximum Gasteiger partial charge on any atom is 0.258 e. The summed E-state index contributed by atoms with van der Waals surface area (Å²) in [7, 11) is 0. The van der Waals surface area contributed by atoms with Crippen LogP contribution in [0.2, 0.25) is 0 Å². The maximum atomic E-state index is 12.6. The van der Waals surface area contributed by atoms with Crippen molar-refractivity contribution in [2.24, 2.45) is 0 Å². The van der Waals surface area contributed by atoms with Gasteiger partial charge in [0.15, 0.2) is 0 Å². The lowest BCUT2D eigenvalue weighted by Gasteiger charge is -2.29. The first-order valence-corrected chi connectivity index (χ1v) is 8.27. The molecular weight excluding hydrogens is 300 g/mol. The first-order valence-electron chi connectivity index (χ1n) is 8.27. The van der Waals surface area contributed by atoms with Crippen LogP contribution in [0.4, 0.5) is 5.69 Å². The van der Waals surface area contributed by atoms with Gasteiger partial charge in [-0.15, -0.1) is 0 Å². The van der Waals surface area contributed by atoms with E-state index in [4.69, 9.17) is 0 Å². The predicted octanol–water partition coefficient (Wildman–Crippen LogP) is 2.08. The van der Waals surface area contributed by atoms with Crippen LogP contribution in [-0.2, 0) is 0 Å². The first-order chi connectivity index (χ1) is 11.7. The molecule has 0 unspecified atom stereocenters. The molecule has 0 spiro atoms. The molecule has 1 N–H and O–H groups in total. The largest absolute Gasteiger partial charge is 0.368 e. The summed E-state index contributed by atoms with van der Waals surface area (Å²) >= 11 is 0. The summed E-state index contributed by atoms with van der Waals surface area (Å²) in [5.41, 5.74) is 4.57. The molecule has 0 aliphatic carbocycles. The van der Waals surface area contributed by atoms with Crippen molar-refractivity contribution in [3.8, 4) is 11.3 Å². The van der Waals surface area contributed by atoms with E-state index in [0.717, 1.165) is 43.1 Å². The molecule has 5 heteroatoms. The number of hydrogen-bond acceptors (Lipinski definition) is 4. The molecule has 0 bridgehead atoms. The molecule has 24 heavy (non-hydrogen) atoms. The van der Waals surface area contributed by atoms with Crippen LogP contribution < -0.4 is 15.8 Å². The van der Waals surface area contributed by atoms with Crippen molar-refractivity contribution in [2.75, 3.05) is 31.1 Å². The average molecular weight is 320 g/mol. The number of fused-ring (bicyclic) bond motifs is 1. The number of hydrogen-bond donors (Lipinski definition) is 1. The third-order valence-corrected chi connectivity index (χ3v) is 4.47. The lowest BCUT2D eigenvalue weighted by Crippen LogP contribution is -2.43. The zero-order chi connectivity index (χ0) is 16.5. The zero-order valence-electron chi connectivity index (χ0n) is 13.7. The van der Waals surface area contributed by atoms with Gasteiger partial charge in [0.2, 0.25) is 0 Å². The Bertz CT molecular complexity index is 924. The van der Waals surface area contributed by atoms with E-state index < -0.39 is 0 Å². The van der Waals surface area contributed by atoms with Crippen molar-refractivity contribution in [3.05, 3.63) is 64.6 Å². The van der Waals surface area contributed by atoms with Crippen molar-refractivity contribution in [1.82, 2.24) is 14.7 Å². The number of benzene rings is 1. The lowest BCUT2D eigenvalue weighted by atomic mass is 10.1. The lowest BCUT2D eigenvalue weighted by molar-refractivity contribution is 0.588. The van der Waals surface area contributed by atoms with Crippen LogP contribution in [0, 0.1) is 6.92 Å². The maximum absolute atomic E-state index is 12.6. The minimum Gasteiger partial charge on any atom is -0.368 e. The Hall–Kier alpha value is -2.66. The molecule has 1 saturated heterocycles. The third-order valence-electron chi connectivity index (χ3n) is 4.47. The van der Waals surface area contributed by atoms with E-state index >= 15 is 0 Å². The number of piperazine rings is 1. The molecule has 4 rings (SSSR count). The molecule has 1 aromatic carbocycles. The van der Waals surface area contributed by atoms with Crippen LogP contribution in [0.25, 0.3) is 16.9 Å². The van der Waals surface area contributed by atoms with Crippen molar-refractivity contribution in [2.45, 2.75) is 6.92 Å². The van der Waals surface area contributed by atoms with Crippen molar-refractivity contribution in [1.29, 1.82) is 0 Å². The Morgan fingerprint density at radius 1 is 1.04 bits per heavy atom. The van der Waals surface area contributed by atoms with Gasteiger partial charge in [0.05, 0.1) is 11.4 Å². The Morgan fingerprint density at radius 3 is 2.54 bits per heavy atom. The number of rotatable bonds is 2. The molecule has 0 radical (unpaired) electrons. The highest BCUT2D eigenvalue weighted by molar-refractivity contribution is 5.63. The molecule has 1 aliphatic heterocycles.